The van der Waals surface area contributed by atoms with Crippen LogP contribution >= 0.6 is 0 Å². The molecule has 4 rings (SSSR count). The molecule has 5 nitrogen and oxygen atoms in total. The number of carbonyl (C=O) groups is 2. The van der Waals surface area contributed by atoms with Crippen LogP contribution in [0.3, 0.4) is 0 Å². The molecule has 1 aliphatic heterocycles. The number of nitrogens with one attached hydrogen (secondary N) is 1. The number of rotatable bonds is 5. The fourth-order valence-corrected chi connectivity index (χ4v) is 3.60. The number of benzene rings is 3. The summed E-state index contributed by atoms with van der Waals surface area (Å²) in [5.74, 6) is -0.154. The third kappa shape index (κ3) is 3.24. The first-order valence-electron chi connectivity index (χ1n) is 9.67. The Labute approximate surface area is 175 Å². The van der Waals surface area contributed by atoms with Crippen molar-refractivity contribution >= 4 is 28.8 Å². The van der Waals surface area contributed by atoms with E-state index in [-0.39, 0.29) is 11.6 Å². The average molecular weight is 398 g/mol. The standard InChI is InChI=1S/C25H22N2O3/c1-16-10-9-14-20(17(16)2)27-24(28)22(18-11-5-4-6-12-18)23(25(27)29)26-19-13-7-8-15-21(19)30-3/h4-15,26H,1-3H3. The van der Waals surface area contributed by atoms with E-state index in [1.165, 1.54) is 4.90 Å². The van der Waals surface area contributed by atoms with Crippen LogP contribution in [-0.2, 0) is 9.59 Å². The van der Waals surface area contributed by atoms with Gasteiger partial charge < -0.3 is 10.1 Å². The number of nitrogens with zero attached hydrogens (tertiary/aromatic N) is 1. The number of imide groups is 1. The Balaban J connectivity index is 1.86. The van der Waals surface area contributed by atoms with Crippen LogP contribution in [0.25, 0.3) is 5.57 Å². The molecular formula is C25H22N2O3. The maximum absolute atomic E-state index is 13.5. The molecule has 0 aromatic heterocycles. The summed E-state index contributed by atoms with van der Waals surface area (Å²) in [6.45, 7) is 3.88. The maximum atomic E-state index is 13.5. The number of aryl methyl sites for hydroxylation is 1. The van der Waals surface area contributed by atoms with Crippen molar-refractivity contribution in [1.29, 1.82) is 0 Å². The fraction of sp³-hybridized carbons (Fsp3) is 0.120. The second kappa shape index (κ2) is 7.87. The minimum atomic E-state index is -0.390. The number of hydrogen-bond donors (Lipinski definition) is 1. The zero-order valence-electron chi connectivity index (χ0n) is 17.1. The van der Waals surface area contributed by atoms with Gasteiger partial charge in [0, 0.05) is 0 Å². The van der Waals surface area contributed by atoms with Gasteiger partial charge in [0.05, 0.1) is 24.1 Å². The molecule has 0 saturated carbocycles. The van der Waals surface area contributed by atoms with E-state index in [4.69, 9.17) is 4.74 Å². The third-order valence-corrected chi connectivity index (χ3v) is 5.33. The monoisotopic (exact) mass is 398 g/mol. The Morgan fingerprint density at radius 1 is 0.800 bits per heavy atom. The van der Waals surface area contributed by atoms with E-state index in [1.807, 2.05) is 74.5 Å². The summed E-state index contributed by atoms with van der Waals surface area (Å²) in [4.78, 5) is 28.3. The number of ether oxygens (including phenoxy) is 1. The Hall–Kier alpha value is -3.86. The summed E-state index contributed by atoms with van der Waals surface area (Å²) in [5.41, 5.74) is 4.37. The van der Waals surface area contributed by atoms with Crippen molar-refractivity contribution in [3.05, 3.63) is 95.2 Å². The lowest BCUT2D eigenvalue weighted by molar-refractivity contribution is -0.120. The van der Waals surface area contributed by atoms with Crippen LogP contribution in [0.1, 0.15) is 16.7 Å². The van der Waals surface area contributed by atoms with E-state index in [2.05, 4.69) is 5.32 Å². The highest BCUT2D eigenvalue weighted by Crippen LogP contribution is 2.37. The maximum Gasteiger partial charge on any atom is 0.282 e. The zero-order valence-corrected chi connectivity index (χ0v) is 17.1. The average Bonchev–Trinajstić information content (AvgIpc) is 3.01. The summed E-state index contributed by atoms with van der Waals surface area (Å²) in [6.07, 6.45) is 0. The summed E-state index contributed by atoms with van der Waals surface area (Å²) in [7, 11) is 1.57. The number of anilines is 2. The molecule has 3 aromatic rings. The van der Waals surface area contributed by atoms with E-state index < -0.39 is 5.91 Å². The SMILES string of the molecule is COc1ccccc1NC1=C(c2ccccc2)C(=O)N(c2cccc(C)c2C)C1=O. The van der Waals surface area contributed by atoms with Gasteiger partial charge in [-0.15, -0.1) is 0 Å². The van der Waals surface area contributed by atoms with Crippen molar-refractivity contribution in [2.75, 3.05) is 17.3 Å². The number of hydrogen-bond acceptors (Lipinski definition) is 4. The molecule has 5 heteroatoms. The van der Waals surface area contributed by atoms with Gasteiger partial charge in [-0.25, -0.2) is 4.90 Å². The molecule has 3 aromatic carbocycles. The molecule has 1 N–H and O–H groups in total. The quantitative estimate of drug-likeness (QED) is 0.633. The predicted octanol–water partition coefficient (Wildman–Crippen LogP) is 4.71. The van der Waals surface area contributed by atoms with Crippen molar-refractivity contribution < 1.29 is 14.3 Å². The molecule has 0 aliphatic carbocycles. The second-order valence-corrected chi connectivity index (χ2v) is 7.11. The molecule has 2 amide bonds. The van der Waals surface area contributed by atoms with Gasteiger partial charge in [0.2, 0.25) is 0 Å². The number of methoxy groups -OCH3 is 1. The Bertz CT molecular complexity index is 1170. The molecule has 0 saturated heterocycles. The highest BCUT2D eigenvalue weighted by atomic mass is 16.5. The predicted molar refractivity (Wildman–Crippen MR) is 118 cm³/mol. The molecule has 0 unspecified atom stereocenters. The van der Waals surface area contributed by atoms with Gasteiger partial charge >= 0.3 is 0 Å². The van der Waals surface area contributed by atoms with Crippen LogP contribution in [-0.4, -0.2) is 18.9 Å². The first-order chi connectivity index (χ1) is 14.5. The lowest BCUT2D eigenvalue weighted by Crippen LogP contribution is -2.33. The van der Waals surface area contributed by atoms with Gasteiger partial charge in [0.25, 0.3) is 11.8 Å². The fourth-order valence-electron chi connectivity index (χ4n) is 3.60. The highest BCUT2D eigenvalue weighted by molar-refractivity contribution is 6.46. The lowest BCUT2D eigenvalue weighted by atomic mass is 10.0. The normalized spacial score (nSPS) is 13.8. The van der Waals surface area contributed by atoms with Crippen molar-refractivity contribution in [1.82, 2.24) is 0 Å². The van der Waals surface area contributed by atoms with Gasteiger partial charge in [-0.2, -0.15) is 0 Å². The van der Waals surface area contributed by atoms with Crippen LogP contribution in [0, 0.1) is 13.8 Å². The van der Waals surface area contributed by atoms with E-state index in [9.17, 15) is 9.59 Å². The summed E-state index contributed by atoms with van der Waals surface area (Å²) in [6, 6.07) is 22.2. The topological polar surface area (TPSA) is 58.6 Å². The van der Waals surface area contributed by atoms with Gasteiger partial charge in [-0.05, 0) is 48.7 Å². The molecule has 30 heavy (non-hydrogen) atoms. The van der Waals surface area contributed by atoms with Crippen LogP contribution in [0.5, 0.6) is 5.75 Å². The summed E-state index contributed by atoms with van der Waals surface area (Å²) < 4.78 is 5.41. The van der Waals surface area contributed by atoms with Gasteiger partial charge in [-0.1, -0.05) is 54.6 Å². The Morgan fingerprint density at radius 2 is 1.50 bits per heavy atom. The summed E-state index contributed by atoms with van der Waals surface area (Å²) in [5, 5.41) is 3.17. The summed E-state index contributed by atoms with van der Waals surface area (Å²) >= 11 is 0. The van der Waals surface area contributed by atoms with E-state index >= 15 is 0 Å². The third-order valence-electron chi connectivity index (χ3n) is 5.33. The largest absolute Gasteiger partial charge is 0.495 e. The van der Waals surface area contributed by atoms with E-state index in [1.54, 1.807) is 19.2 Å². The van der Waals surface area contributed by atoms with Crippen LogP contribution in [0.4, 0.5) is 11.4 Å². The molecule has 0 bridgehead atoms. The molecule has 0 spiro atoms. The molecule has 1 aliphatic rings. The number of carbonyl (C=O) groups excluding carboxylic acids is 2. The van der Waals surface area contributed by atoms with Crippen LogP contribution in [0.2, 0.25) is 0 Å². The van der Waals surface area contributed by atoms with Crippen LogP contribution in [0.15, 0.2) is 78.5 Å². The lowest BCUT2D eigenvalue weighted by Gasteiger charge is -2.19. The molecule has 0 atom stereocenters. The van der Waals surface area contributed by atoms with E-state index in [0.717, 1.165) is 11.1 Å². The Kier molecular flexibility index (Phi) is 5.11. The molecule has 150 valence electrons. The van der Waals surface area contributed by atoms with E-state index in [0.29, 0.717) is 28.3 Å². The van der Waals surface area contributed by atoms with Crippen molar-refractivity contribution in [2.45, 2.75) is 13.8 Å². The number of para-hydroxylation sites is 2. The highest BCUT2D eigenvalue weighted by Gasteiger charge is 2.41. The molecule has 0 fully saturated rings. The first kappa shape index (κ1) is 19.5. The Morgan fingerprint density at radius 3 is 2.23 bits per heavy atom. The zero-order chi connectivity index (χ0) is 21.3. The molecule has 1 heterocycles. The second-order valence-electron chi connectivity index (χ2n) is 7.11. The minimum absolute atomic E-state index is 0.233. The van der Waals surface area contributed by atoms with Gasteiger partial charge in [0.15, 0.2) is 0 Å². The van der Waals surface area contributed by atoms with Gasteiger partial charge in [-0.3, -0.25) is 9.59 Å². The van der Waals surface area contributed by atoms with Crippen LogP contribution < -0.4 is 15.0 Å². The van der Waals surface area contributed by atoms with Gasteiger partial charge in [0.1, 0.15) is 11.4 Å². The molecular weight excluding hydrogens is 376 g/mol. The first-order valence-corrected chi connectivity index (χ1v) is 9.67. The number of amides is 2. The molecule has 0 radical (unpaired) electrons. The van der Waals surface area contributed by atoms with Crippen molar-refractivity contribution in [2.24, 2.45) is 0 Å². The van der Waals surface area contributed by atoms with Crippen molar-refractivity contribution in [3.63, 3.8) is 0 Å². The van der Waals surface area contributed by atoms with Crippen molar-refractivity contribution in [3.8, 4) is 5.75 Å². The minimum Gasteiger partial charge on any atom is -0.495 e. The smallest absolute Gasteiger partial charge is 0.282 e.